The molecule has 5 heteroatoms. The smallest absolute Gasteiger partial charge is 0.409 e. The zero-order valence-electron chi connectivity index (χ0n) is 16.5. The summed E-state index contributed by atoms with van der Waals surface area (Å²) in [7, 11) is -1.59. The van der Waals surface area contributed by atoms with Crippen molar-refractivity contribution in [1.29, 1.82) is 0 Å². The molecule has 3 nitrogen and oxygen atoms in total. The van der Waals surface area contributed by atoms with Crippen LogP contribution in [0.4, 0.5) is 0 Å². The zero-order valence-corrected chi connectivity index (χ0v) is 19.6. The van der Waals surface area contributed by atoms with Crippen LogP contribution < -0.4 is 13.6 Å². The van der Waals surface area contributed by atoms with Crippen molar-refractivity contribution >= 4 is 8.60 Å². The third-order valence-corrected chi connectivity index (χ3v) is 4.77. The molecule has 0 spiro atoms. The summed E-state index contributed by atoms with van der Waals surface area (Å²) < 4.78 is 17.5. The van der Waals surface area contributed by atoms with Gasteiger partial charge in [-0.2, -0.15) is 0 Å². The summed E-state index contributed by atoms with van der Waals surface area (Å²) in [6.07, 6.45) is 6.69. The molecule has 158 valence electrons. The van der Waals surface area contributed by atoms with Gasteiger partial charge in [0.2, 0.25) is 0 Å². The van der Waals surface area contributed by atoms with E-state index in [1.54, 1.807) is 0 Å². The van der Waals surface area contributed by atoms with Crippen LogP contribution in [-0.4, -0.2) is 0 Å². The van der Waals surface area contributed by atoms with Crippen molar-refractivity contribution in [3.05, 3.63) is 133 Å². The number of benzene rings is 4. The van der Waals surface area contributed by atoms with E-state index in [4.69, 9.17) is 20.0 Å². The van der Waals surface area contributed by atoms with E-state index in [-0.39, 0.29) is 22.4 Å². The Hall–Kier alpha value is -2.99. The van der Waals surface area contributed by atoms with Crippen LogP contribution in [0.3, 0.4) is 0 Å². The molecule has 4 aromatic carbocycles. The Kier molecular flexibility index (Phi) is 11.0. The number of para-hydroxylation sites is 3. The number of rotatable bonds is 6. The molecule has 0 aliphatic carbocycles. The fourth-order valence-corrected chi connectivity index (χ4v) is 3.27. The molecule has 0 aliphatic heterocycles. The molecular formula is C26H20AuO3P. The third kappa shape index (κ3) is 9.13. The summed E-state index contributed by atoms with van der Waals surface area (Å²) in [6.45, 7) is 0. The molecule has 0 saturated carbocycles. The first-order chi connectivity index (χ1) is 14.8. The molecule has 0 aromatic heterocycles. The maximum atomic E-state index is 6.69. The Morgan fingerprint density at radius 3 is 1.03 bits per heavy atom. The van der Waals surface area contributed by atoms with Gasteiger partial charge in [0.25, 0.3) is 0 Å². The van der Waals surface area contributed by atoms with Crippen LogP contribution in [0.25, 0.3) is 0 Å². The van der Waals surface area contributed by atoms with Crippen LogP contribution in [0, 0.1) is 12.3 Å². The van der Waals surface area contributed by atoms with Crippen LogP contribution in [0.1, 0.15) is 5.56 Å². The molecule has 0 heterocycles. The second kappa shape index (κ2) is 14.1. The van der Waals surface area contributed by atoms with Crippen molar-refractivity contribution in [2.75, 3.05) is 0 Å². The summed E-state index contributed by atoms with van der Waals surface area (Å²) in [6, 6.07) is 37.9. The maximum Gasteiger partial charge on any atom is 1.00 e. The number of hydrogen-bond donors (Lipinski definition) is 0. The van der Waals surface area contributed by atoms with E-state index >= 15 is 0 Å². The molecule has 0 unspecified atom stereocenters. The average Bonchev–Trinajstić information content (AvgIpc) is 2.82. The van der Waals surface area contributed by atoms with Crippen LogP contribution in [0.15, 0.2) is 121 Å². The molecular weight excluding hydrogens is 588 g/mol. The Labute approximate surface area is 200 Å². The minimum absolute atomic E-state index is 0. The van der Waals surface area contributed by atoms with Crippen molar-refractivity contribution in [3.63, 3.8) is 0 Å². The largest absolute Gasteiger partial charge is 1.00 e. The van der Waals surface area contributed by atoms with Gasteiger partial charge >= 0.3 is 31.0 Å². The van der Waals surface area contributed by atoms with E-state index in [1.807, 2.05) is 121 Å². The maximum absolute atomic E-state index is 6.69. The quantitative estimate of drug-likeness (QED) is 0.102. The molecule has 0 aliphatic rings. The first-order valence-corrected chi connectivity index (χ1v) is 10.4. The number of hydrogen-bond acceptors (Lipinski definition) is 3. The van der Waals surface area contributed by atoms with Crippen molar-refractivity contribution in [2.45, 2.75) is 0 Å². The molecule has 0 fully saturated rings. The van der Waals surface area contributed by atoms with E-state index in [2.05, 4.69) is 5.92 Å². The van der Waals surface area contributed by atoms with Gasteiger partial charge < -0.3 is 20.0 Å². The Morgan fingerprint density at radius 1 is 0.484 bits per heavy atom. The van der Waals surface area contributed by atoms with Gasteiger partial charge in [-0.15, -0.1) is 17.7 Å². The molecule has 0 bridgehead atoms. The van der Waals surface area contributed by atoms with Gasteiger partial charge in [0, 0.05) is 0 Å². The van der Waals surface area contributed by atoms with Gasteiger partial charge in [-0.1, -0.05) is 72.8 Å². The molecule has 0 amide bonds. The summed E-state index contributed by atoms with van der Waals surface area (Å²) in [4.78, 5) is 0. The van der Waals surface area contributed by atoms with Crippen LogP contribution in [-0.2, 0) is 22.4 Å². The monoisotopic (exact) mass is 608 g/mol. The first-order valence-electron chi connectivity index (χ1n) is 9.30. The van der Waals surface area contributed by atoms with E-state index in [0.717, 1.165) is 5.56 Å². The fraction of sp³-hybridized carbons (Fsp3) is 0. The topological polar surface area (TPSA) is 27.7 Å². The van der Waals surface area contributed by atoms with Crippen molar-refractivity contribution in [1.82, 2.24) is 0 Å². The second-order valence-corrected chi connectivity index (χ2v) is 6.92. The summed E-state index contributed by atoms with van der Waals surface area (Å²) in [5.41, 5.74) is 0.826. The van der Waals surface area contributed by atoms with Crippen molar-refractivity contribution in [3.8, 4) is 23.2 Å². The van der Waals surface area contributed by atoms with Gasteiger partial charge in [0.05, 0.1) is 0 Å². The zero-order chi connectivity index (χ0) is 20.9. The van der Waals surface area contributed by atoms with E-state index in [9.17, 15) is 0 Å². The molecule has 0 saturated heterocycles. The van der Waals surface area contributed by atoms with Crippen LogP contribution in [0.2, 0.25) is 0 Å². The summed E-state index contributed by atoms with van der Waals surface area (Å²) in [5.74, 6) is 4.40. The summed E-state index contributed by atoms with van der Waals surface area (Å²) >= 11 is 0. The summed E-state index contributed by atoms with van der Waals surface area (Å²) in [5, 5.41) is 0. The Bertz CT molecular complexity index is 925. The minimum atomic E-state index is -1.59. The Morgan fingerprint density at radius 2 is 0.774 bits per heavy atom. The molecule has 4 rings (SSSR count). The SMILES string of the molecule is [Au+].[C-]#Cc1ccccc1.c1ccc(OP(Oc2ccccc2)Oc2ccccc2)cc1. The van der Waals surface area contributed by atoms with E-state index in [0.29, 0.717) is 17.2 Å². The standard InChI is InChI=1S/C18H15O3P.C8H5.Au/c1-4-10-16(11-5-1)19-22(20-17-12-6-2-7-13-17)21-18-14-8-3-9-15-18;1-2-8-6-4-3-5-7-8;/h1-15H;3-7H;/q;-1;+1. The van der Waals surface area contributed by atoms with Crippen LogP contribution >= 0.6 is 8.60 Å². The van der Waals surface area contributed by atoms with Gasteiger partial charge in [0.15, 0.2) is 0 Å². The normalized spacial score (nSPS) is 9.29. The predicted octanol–water partition coefficient (Wildman–Crippen LogP) is 7.07. The molecule has 0 N–H and O–H groups in total. The minimum Gasteiger partial charge on any atom is -0.409 e. The molecule has 31 heavy (non-hydrogen) atoms. The van der Waals surface area contributed by atoms with Gasteiger partial charge in [-0.25, -0.2) is 0 Å². The van der Waals surface area contributed by atoms with Crippen LogP contribution in [0.5, 0.6) is 17.2 Å². The predicted molar refractivity (Wildman–Crippen MR) is 121 cm³/mol. The molecule has 4 aromatic rings. The van der Waals surface area contributed by atoms with E-state index < -0.39 is 8.60 Å². The van der Waals surface area contributed by atoms with Crippen molar-refractivity contribution < 1.29 is 36.0 Å². The molecule has 0 atom stereocenters. The second-order valence-electron chi connectivity index (χ2n) is 5.93. The average molecular weight is 608 g/mol. The third-order valence-electron chi connectivity index (χ3n) is 3.69. The van der Waals surface area contributed by atoms with E-state index in [1.165, 1.54) is 0 Å². The van der Waals surface area contributed by atoms with Crippen molar-refractivity contribution in [2.24, 2.45) is 0 Å². The van der Waals surface area contributed by atoms with Gasteiger partial charge in [0.1, 0.15) is 17.2 Å². The first kappa shape index (κ1) is 24.3. The Balaban J connectivity index is 0.000000322. The van der Waals surface area contributed by atoms with Gasteiger partial charge in [-0.05, 0) is 36.4 Å². The molecule has 0 radical (unpaired) electrons. The fourth-order valence-electron chi connectivity index (χ4n) is 2.28. The van der Waals surface area contributed by atoms with Gasteiger partial charge in [-0.3, -0.25) is 5.92 Å².